The molecule has 1 N–H and O–H groups in total. The third-order valence-electron chi connectivity index (χ3n) is 5.60. The van der Waals surface area contributed by atoms with Crippen molar-refractivity contribution in [3.05, 3.63) is 76.1 Å². The lowest BCUT2D eigenvalue weighted by atomic mass is 10.1. The number of rotatable bonds is 4. The van der Waals surface area contributed by atoms with Gasteiger partial charge in [0.25, 0.3) is 5.91 Å². The lowest BCUT2D eigenvalue weighted by Gasteiger charge is -2.11. The summed E-state index contributed by atoms with van der Waals surface area (Å²) >= 11 is 0. The molecule has 0 unspecified atom stereocenters. The minimum atomic E-state index is -0.427. The van der Waals surface area contributed by atoms with Crippen molar-refractivity contribution in [1.82, 2.24) is 4.57 Å². The molecule has 0 saturated heterocycles. The van der Waals surface area contributed by atoms with Crippen LogP contribution in [-0.2, 0) is 4.79 Å². The van der Waals surface area contributed by atoms with Crippen LogP contribution in [0.5, 0.6) is 11.5 Å². The van der Waals surface area contributed by atoms with Crippen molar-refractivity contribution in [3.63, 3.8) is 0 Å². The Labute approximate surface area is 181 Å². The quantitative estimate of drug-likeness (QED) is 0.483. The van der Waals surface area contributed by atoms with Gasteiger partial charge < -0.3 is 19.4 Å². The zero-order chi connectivity index (χ0) is 22.1. The van der Waals surface area contributed by atoms with Crippen molar-refractivity contribution in [1.29, 1.82) is 5.26 Å². The second-order valence-electron chi connectivity index (χ2n) is 7.57. The largest absolute Gasteiger partial charge is 0.454 e. The molecule has 2 heterocycles. The van der Waals surface area contributed by atoms with Gasteiger partial charge in [-0.15, -0.1) is 0 Å². The van der Waals surface area contributed by atoms with E-state index in [1.807, 2.05) is 76.2 Å². The van der Waals surface area contributed by atoms with Crippen LogP contribution in [0.4, 0.5) is 5.69 Å². The molecule has 31 heavy (non-hydrogen) atoms. The highest BCUT2D eigenvalue weighted by atomic mass is 16.7. The number of hydrogen-bond acceptors (Lipinski definition) is 4. The van der Waals surface area contributed by atoms with E-state index in [9.17, 15) is 10.1 Å². The van der Waals surface area contributed by atoms with Gasteiger partial charge in [-0.2, -0.15) is 5.26 Å². The molecule has 1 aliphatic rings. The molecule has 1 aliphatic heterocycles. The fraction of sp³-hybridized carbons (Fsp3) is 0.200. The van der Waals surface area contributed by atoms with E-state index >= 15 is 0 Å². The van der Waals surface area contributed by atoms with Crippen molar-refractivity contribution < 1.29 is 14.3 Å². The van der Waals surface area contributed by atoms with Gasteiger partial charge in [0.05, 0.1) is 0 Å². The maximum atomic E-state index is 12.8. The van der Waals surface area contributed by atoms with Crippen LogP contribution in [0.2, 0.25) is 0 Å². The highest BCUT2D eigenvalue weighted by molar-refractivity contribution is 6.10. The molecule has 0 fully saturated rings. The zero-order valence-electron chi connectivity index (χ0n) is 17.9. The van der Waals surface area contributed by atoms with Gasteiger partial charge in [0.1, 0.15) is 11.6 Å². The molecule has 3 aromatic rings. The Morgan fingerprint density at radius 1 is 1.10 bits per heavy atom. The van der Waals surface area contributed by atoms with Gasteiger partial charge in [0.2, 0.25) is 6.79 Å². The second kappa shape index (κ2) is 8.04. The molecule has 0 spiro atoms. The minimum Gasteiger partial charge on any atom is -0.454 e. The number of hydrogen-bond donors (Lipinski definition) is 1. The van der Waals surface area contributed by atoms with E-state index in [2.05, 4.69) is 9.88 Å². The zero-order valence-corrected chi connectivity index (χ0v) is 17.9. The van der Waals surface area contributed by atoms with Crippen LogP contribution in [0.15, 0.2) is 48.0 Å². The lowest BCUT2D eigenvalue weighted by molar-refractivity contribution is -0.112. The maximum Gasteiger partial charge on any atom is 0.266 e. The van der Waals surface area contributed by atoms with Crippen molar-refractivity contribution in [2.24, 2.45) is 0 Å². The summed E-state index contributed by atoms with van der Waals surface area (Å²) in [6.07, 6.45) is 1.63. The smallest absolute Gasteiger partial charge is 0.266 e. The van der Waals surface area contributed by atoms with Crippen molar-refractivity contribution in [3.8, 4) is 23.3 Å². The summed E-state index contributed by atoms with van der Waals surface area (Å²) in [7, 11) is 0. The summed E-state index contributed by atoms with van der Waals surface area (Å²) in [5.41, 5.74) is 6.45. The molecule has 0 radical (unpaired) electrons. The first-order chi connectivity index (χ1) is 14.9. The molecule has 4 rings (SSSR count). The predicted molar refractivity (Wildman–Crippen MR) is 120 cm³/mol. The van der Waals surface area contributed by atoms with E-state index in [1.165, 1.54) is 0 Å². The average molecular weight is 413 g/mol. The second-order valence-corrected chi connectivity index (χ2v) is 7.57. The van der Waals surface area contributed by atoms with Crippen LogP contribution in [0.25, 0.3) is 11.8 Å². The Balaban J connectivity index is 1.66. The van der Waals surface area contributed by atoms with Crippen LogP contribution in [0.1, 0.15) is 28.1 Å². The molecule has 0 bridgehead atoms. The number of ether oxygens (including phenoxy) is 2. The molecule has 1 amide bonds. The molecule has 0 atom stereocenters. The summed E-state index contributed by atoms with van der Waals surface area (Å²) in [5.74, 6) is 0.998. The molecule has 0 aliphatic carbocycles. The Bertz CT molecular complexity index is 1260. The number of nitrogens with one attached hydrogen (secondary N) is 1. The van der Waals surface area contributed by atoms with E-state index < -0.39 is 5.91 Å². The third kappa shape index (κ3) is 3.78. The lowest BCUT2D eigenvalue weighted by Crippen LogP contribution is -2.14. The molecular formula is C25H23N3O3. The molecular weight excluding hydrogens is 390 g/mol. The van der Waals surface area contributed by atoms with Gasteiger partial charge in [-0.25, -0.2) is 0 Å². The minimum absolute atomic E-state index is 0.0480. The normalized spacial score (nSPS) is 12.5. The number of aromatic nitrogens is 1. The van der Waals surface area contributed by atoms with Crippen LogP contribution < -0.4 is 14.8 Å². The molecule has 6 heteroatoms. The van der Waals surface area contributed by atoms with E-state index in [-0.39, 0.29) is 12.4 Å². The first-order valence-electron chi connectivity index (χ1n) is 9.97. The first-order valence-corrected chi connectivity index (χ1v) is 9.97. The number of aryl methyl sites for hydroxylation is 2. The first kappa shape index (κ1) is 20.3. The van der Waals surface area contributed by atoms with E-state index in [0.717, 1.165) is 39.5 Å². The molecule has 0 saturated carbocycles. The number of amides is 1. The third-order valence-corrected chi connectivity index (χ3v) is 5.60. The van der Waals surface area contributed by atoms with Crippen molar-refractivity contribution in [2.75, 3.05) is 12.1 Å². The van der Waals surface area contributed by atoms with Gasteiger partial charge in [-0.05, 0) is 74.7 Å². The molecule has 1 aromatic heterocycles. The molecule has 6 nitrogen and oxygen atoms in total. The van der Waals surface area contributed by atoms with Gasteiger partial charge in [0, 0.05) is 28.8 Å². The Kier molecular flexibility index (Phi) is 5.26. The number of nitriles is 1. The van der Waals surface area contributed by atoms with E-state index in [1.54, 1.807) is 6.08 Å². The fourth-order valence-corrected chi connectivity index (χ4v) is 3.74. The topological polar surface area (TPSA) is 76.3 Å². The predicted octanol–water partition coefficient (Wildman–Crippen LogP) is 4.99. The maximum absolute atomic E-state index is 12.8. The SMILES string of the molecule is Cc1cccc(NC(=O)/C(C#N)=C/c2cc(C)n(-c3ccc4c(c3)OCO4)c2C)c1C. The number of fused-ring (bicyclic) bond motifs is 1. The van der Waals surface area contributed by atoms with Gasteiger partial charge in [-0.3, -0.25) is 4.79 Å². The highest BCUT2D eigenvalue weighted by Crippen LogP contribution is 2.35. The number of carbonyl (C=O) groups excluding carboxylic acids is 1. The standard InChI is InChI=1S/C25H23N3O3/c1-15-6-5-7-22(17(15)3)27-25(29)20(13-26)11-19-10-16(2)28(18(19)4)21-8-9-23-24(12-21)31-14-30-23/h5-12H,14H2,1-4H3,(H,27,29)/b20-11+. The summed E-state index contributed by atoms with van der Waals surface area (Å²) in [4.78, 5) is 12.8. The van der Waals surface area contributed by atoms with Crippen molar-refractivity contribution in [2.45, 2.75) is 27.7 Å². The molecule has 156 valence electrons. The van der Waals surface area contributed by atoms with Crippen LogP contribution in [0, 0.1) is 39.0 Å². The summed E-state index contributed by atoms with van der Waals surface area (Å²) < 4.78 is 12.9. The Morgan fingerprint density at radius 3 is 2.65 bits per heavy atom. The van der Waals surface area contributed by atoms with Crippen LogP contribution in [0.3, 0.4) is 0 Å². The Hall–Kier alpha value is -3.98. The van der Waals surface area contributed by atoms with Crippen LogP contribution in [-0.4, -0.2) is 17.3 Å². The van der Waals surface area contributed by atoms with Gasteiger partial charge in [-0.1, -0.05) is 12.1 Å². The van der Waals surface area contributed by atoms with Crippen molar-refractivity contribution >= 4 is 17.7 Å². The fourth-order valence-electron chi connectivity index (χ4n) is 3.74. The number of nitrogens with zero attached hydrogens (tertiary/aromatic N) is 2. The van der Waals surface area contributed by atoms with Crippen LogP contribution >= 0.6 is 0 Å². The van der Waals surface area contributed by atoms with Gasteiger partial charge in [0.15, 0.2) is 11.5 Å². The van der Waals surface area contributed by atoms with E-state index in [0.29, 0.717) is 11.4 Å². The number of carbonyl (C=O) groups is 1. The highest BCUT2D eigenvalue weighted by Gasteiger charge is 2.18. The summed E-state index contributed by atoms with van der Waals surface area (Å²) in [6.45, 7) is 8.09. The summed E-state index contributed by atoms with van der Waals surface area (Å²) in [5, 5.41) is 12.5. The average Bonchev–Trinajstić information content (AvgIpc) is 3.32. The summed E-state index contributed by atoms with van der Waals surface area (Å²) in [6, 6.07) is 15.5. The van der Waals surface area contributed by atoms with E-state index in [4.69, 9.17) is 9.47 Å². The number of benzene rings is 2. The monoisotopic (exact) mass is 413 g/mol. The Morgan fingerprint density at radius 2 is 1.87 bits per heavy atom. The van der Waals surface area contributed by atoms with Gasteiger partial charge >= 0.3 is 0 Å². The number of anilines is 1. The molecule has 2 aromatic carbocycles.